The molecule has 32 heavy (non-hydrogen) atoms. The molecule has 1 N–H and O–H groups in total. The molecule has 1 aliphatic rings. The maximum Gasteiger partial charge on any atom is 0.255 e. The Morgan fingerprint density at radius 1 is 0.781 bits per heavy atom. The van der Waals surface area contributed by atoms with Crippen LogP contribution in [-0.4, -0.2) is 47.8 Å². The molecule has 0 atom stereocenters. The number of anilines is 1. The molecule has 1 aliphatic heterocycles. The van der Waals surface area contributed by atoms with Gasteiger partial charge >= 0.3 is 0 Å². The fourth-order valence-corrected chi connectivity index (χ4v) is 3.89. The van der Waals surface area contributed by atoms with Crippen molar-refractivity contribution in [3.8, 4) is 0 Å². The molecule has 3 aromatic rings. The Morgan fingerprint density at radius 3 is 2.06 bits per heavy atom. The van der Waals surface area contributed by atoms with E-state index in [0.29, 0.717) is 12.0 Å². The van der Waals surface area contributed by atoms with Crippen LogP contribution in [0.2, 0.25) is 0 Å². The van der Waals surface area contributed by atoms with E-state index < -0.39 is 0 Å². The number of rotatable bonds is 6. The van der Waals surface area contributed by atoms with E-state index in [2.05, 4.69) is 29.3 Å². The van der Waals surface area contributed by atoms with Gasteiger partial charge in [-0.2, -0.15) is 0 Å². The molecule has 3 aromatic carbocycles. The lowest BCUT2D eigenvalue weighted by Gasteiger charge is -2.35. The van der Waals surface area contributed by atoms with Crippen LogP contribution in [0.5, 0.6) is 0 Å². The topological polar surface area (TPSA) is 52.7 Å². The maximum atomic E-state index is 12.6. The average Bonchev–Trinajstić information content (AvgIpc) is 2.82. The zero-order valence-electron chi connectivity index (χ0n) is 18.5. The summed E-state index contributed by atoms with van der Waals surface area (Å²) in [7, 11) is 0. The third-order valence-electron chi connectivity index (χ3n) is 5.85. The molecule has 5 heteroatoms. The van der Waals surface area contributed by atoms with Crippen molar-refractivity contribution in [3.05, 3.63) is 101 Å². The van der Waals surface area contributed by atoms with Crippen molar-refractivity contribution in [2.45, 2.75) is 19.9 Å². The summed E-state index contributed by atoms with van der Waals surface area (Å²) in [5, 5.41) is 2.91. The van der Waals surface area contributed by atoms with Crippen LogP contribution in [0.15, 0.2) is 78.9 Å². The fraction of sp³-hybridized carbons (Fsp3) is 0.259. The second-order valence-electron chi connectivity index (χ2n) is 8.34. The van der Waals surface area contributed by atoms with Crippen LogP contribution < -0.4 is 5.32 Å². The van der Waals surface area contributed by atoms with Crippen LogP contribution in [0.1, 0.15) is 27.0 Å². The first-order valence-corrected chi connectivity index (χ1v) is 11.1. The summed E-state index contributed by atoms with van der Waals surface area (Å²) in [6.45, 7) is 6.09. The maximum absolute atomic E-state index is 12.6. The van der Waals surface area contributed by atoms with E-state index in [0.717, 1.165) is 44.0 Å². The summed E-state index contributed by atoms with van der Waals surface area (Å²) in [6, 6.07) is 25.4. The first-order valence-electron chi connectivity index (χ1n) is 11.1. The zero-order valence-corrected chi connectivity index (χ0v) is 18.5. The lowest BCUT2D eigenvalue weighted by Crippen LogP contribution is -2.48. The van der Waals surface area contributed by atoms with E-state index in [-0.39, 0.29) is 11.8 Å². The molecule has 0 saturated carbocycles. The predicted molar refractivity (Wildman–Crippen MR) is 128 cm³/mol. The van der Waals surface area contributed by atoms with Crippen LogP contribution in [0.3, 0.4) is 0 Å². The molecule has 0 aromatic heterocycles. The van der Waals surface area contributed by atoms with Gasteiger partial charge in [-0.1, -0.05) is 60.2 Å². The van der Waals surface area contributed by atoms with Crippen LogP contribution in [0.4, 0.5) is 5.69 Å². The summed E-state index contributed by atoms with van der Waals surface area (Å²) in [5.41, 5.74) is 4.88. The van der Waals surface area contributed by atoms with E-state index in [4.69, 9.17) is 0 Å². The van der Waals surface area contributed by atoms with Crippen LogP contribution >= 0.6 is 0 Å². The lowest BCUT2D eigenvalue weighted by molar-refractivity contribution is -0.132. The highest BCUT2D eigenvalue weighted by Gasteiger charge is 2.21. The molecule has 1 heterocycles. The van der Waals surface area contributed by atoms with Gasteiger partial charge < -0.3 is 10.2 Å². The highest BCUT2D eigenvalue weighted by molar-refractivity contribution is 6.04. The molecule has 1 saturated heterocycles. The Hall–Kier alpha value is -3.44. The van der Waals surface area contributed by atoms with Crippen molar-refractivity contribution in [1.29, 1.82) is 0 Å². The van der Waals surface area contributed by atoms with Crippen molar-refractivity contribution in [1.82, 2.24) is 9.80 Å². The van der Waals surface area contributed by atoms with E-state index >= 15 is 0 Å². The Labute approximate surface area is 189 Å². The van der Waals surface area contributed by atoms with Gasteiger partial charge in [0.05, 0.1) is 6.42 Å². The van der Waals surface area contributed by atoms with Gasteiger partial charge in [0.15, 0.2) is 0 Å². The Kier molecular flexibility index (Phi) is 6.97. The summed E-state index contributed by atoms with van der Waals surface area (Å²) in [4.78, 5) is 29.3. The fourth-order valence-electron chi connectivity index (χ4n) is 3.89. The molecule has 0 unspecified atom stereocenters. The van der Waals surface area contributed by atoms with Gasteiger partial charge in [-0.15, -0.1) is 0 Å². The molecule has 1 fully saturated rings. The molecule has 4 rings (SSSR count). The molecule has 0 bridgehead atoms. The van der Waals surface area contributed by atoms with E-state index in [1.54, 1.807) is 0 Å². The second kappa shape index (κ2) is 10.2. The Bertz CT molecular complexity index is 1040. The number of para-hydroxylation sites is 1. The standard InChI is InChI=1S/C27H29N3O2/c1-21-7-9-22(10-8-21)19-26(31)30-17-15-29(16-18-30)20-23-11-13-24(14-12-23)27(32)28-25-5-3-2-4-6-25/h2-14H,15-20H2,1H3,(H,28,32). The van der Waals surface area contributed by atoms with E-state index in [9.17, 15) is 9.59 Å². The quantitative estimate of drug-likeness (QED) is 0.643. The largest absolute Gasteiger partial charge is 0.340 e. The third kappa shape index (κ3) is 5.83. The summed E-state index contributed by atoms with van der Waals surface area (Å²) >= 11 is 0. The highest BCUT2D eigenvalue weighted by atomic mass is 16.2. The second-order valence-corrected chi connectivity index (χ2v) is 8.34. The number of aryl methyl sites for hydroxylation is 1. The number of amides is 2. The van der Waals surface area contributed by atoms with Gasteiger partial charge in [-0.05, 0) is 42.3 Å². The van der Waals surface area contributed by atoms with Crippen LogP contribution in [0.25, 0.3) is 0 Å². The molecule has 0 spiro atoms. The van der Waals surface area contributed by atoms with Gasteiger partial charge in [0.1, 0.15) is 0 Å². The number of carbonyl (C=O) groups is 2. The number of carbonyl (C=O) groups excluding carboxylic acids is 2. The Morgan fingerprint density at radius 2 is 1.41 bits per heavy atom. The Balaban J connectivity index is 1.24. The molecular formula is C27H29N3O2. The first kappa shape index (κ1) is 21.8. The minimum atomic E-state index is -0.108. The number of piperazine rings is 1. The zero-order chi connectivity index (χ0) is 22.3. The van der Waals surface area contributed by atoms with Crippen molar-refractivity contribution in [2.75, 3.05) is 31.5 Å². The number of nitrogens with zero attached hydrogens (tertiary/aromatic N) is 2. The SMILES string of the molecule is Cc1ccc(CC(=O)N2CCN(Cc3ccc(C(=O)Nc4ccccc4)cc3)CC2)cc1. The first-order chi connectivity index (χ1) is 15.6. The van der Waals surface area contributed by atoms with Crippen molar-refractivity contribution in [2.24, 2.45) is 0 Å². The third-order valence-corrected chi connectivity index (χ3v) is 5.85. The molecule has 5 nitrogen and oxygen atoms in total. The molecule has 0 aliphatic carbocycles. The number of hydrogen-bond acceptors (Lipinski definition) is 3. The molecule has 2 amide bonds. The van der Waals surface area contributed by atoms with Crippen molar-refractivity contribution >= 4 is 17.5 Å². The minimum absolute atomic E-state index is 0.108. The molecule has 0 radical (unpaired) electrons. The van der Waals surface area contributed by atoms with Gasteiger partial charge in [0.2, 0.25) is 5.91 Å². The van der Waals surface area contributed by atoms with E-state index in [1.807, 2.05) is 71.6 Å². The van der Waals surface area contributed by atoms with E-state index in [1.165, 1.54) is 11.1 Å². The highest BCUT2D eigenvalue weighted by Crippen LogP contribution is 2.14. The smallest absolute Gasteiger partial charge is 0.255 e. The summed E-state index contributed by atoms with van der Waals surface area (Å²) in [6.07, 6.45) is 0.465. The van der Waals surface area contributed by atoms with Gasteiger partial charge in [0, 0.05) is 44.0 Å². The molecular weight excluding hydrogens is 398 g/mol. The molecule has 164 valence electrons. The van der Waals surface area contributed by atoms with Crippen LogP contribution in [-0.2, 0) is 17.8 Å². The van der Waals surface area contributed by atoms with Gasteiger partial charge in [-0.3, -0.25) is 14.5 Å². The summed E-state index contributed by atoms with van der Waals surface area (Å²) < 4.78 is 0. The average molecular weight is 428 g/mol. The van der Waals surface area contributed by atoms with Gasteiger partial charge in [-0.25, -0.2) is 0 Å². The van der Waals surface area contributed by atoms with Crippen molar-refractivity contribution < 1.29 is 9.59 Å². The van der Waals surface area contributed by atoms with Crippen molar-refractivity contribution in [3.63, 3.8) is 0 Å². The minimum Gasteiger partial charge on any atom is -0.340 e. The number of hydrogen-bond donors (Lipinski definition) is 1. The normalized spacial score (nSPS) is 14.2. The number of nitrogens with one attached hydrogen (secondary N) is 1. The van der Waals surface area contributed by atoms with Crippen LogP contribution in [0, 0.1) is 6.92 Å². The summed E-state index contributed by atoms with van der Waals surface area (Å²) in [5.74, 6) is 0.0886. The monoisotopic (exact) mass is 427 g/mol. The number of benzene rings is 3. The van der Waals surface area contributed by atoms with Gasteiger partial charge in [0.25, 0.3) is 5.91 Å². The lowest BCUT2D eigenvalue weighted by atomic mass is 10.1. The predicted octanol–water partition coefficient (Wildman–Crippen LogP) is 4.13.